The number of halogens is 1. The third-order valence-corrected chi connectivity index (χ3v) is 11.1. The molecule has 6 rings (SSSR count). The molecule has 0 amide bonds. The Morgan fingerprint density at radius 2 is 1.47 bits per heavy atom. The Hall–Kier alpha value is -5.92. The highest BCUT2D eigenvalue weighted by molar-refractivity contribution is 7.18. The quantitative estimate of drug-likeness (QED) is 0.0451. The van der Waals surface area contributed by atoms with Gasteiger partial charge < -0.3 is 40.5 Å². The lowest BCUT2D eigenvalue weighted by molar-refractivity contribution is -0.140. The van der Waals surface area contributed by atoms with Crippen molar-refractivity contribution in [1.82, 2.24) is 20.6 Å². The summed E-state index contributed by atoms with van der Waals surface area (Å²) in [7, 11) is 0. The Morgan fingerprint density at radius 3 is 2.18 bits per heavy atom. The number of aromatic nitrogens is 2. The molecule has 0 saturated carbocycles. The van der Waals surface area contributed by atoms with E-state index in [1.807, 2.05) is 18.2 Å². The molecule has 0 radical (unpaired) electrons. The van der Waals surface area contributed by atoms with Crippen LogP contribution in [0.3, 0.4) is 0 Å². The molecule has 0 fully saturated rings. The van der Waals surface area contributed by atoms with Crippen molar-refractivity contribution < 1.29 is 39.5 Å². The number of thiazole rings is 1. The zero-order valence-corrected chi connectivity index (χ0v) is 34.5. The number of nitrogens with zero attached hydrogens (tertiary/aromatic N) is 3. The highest BCUT2D eigenvalue weighted by Crippen LogP contribution is 2.38. The number of aliphatic hydroxyl groups is 2. The number of pyridine rings is 1. The van der Waals surface area contributed by atoms with Crippen molar-refractivity contribution in [3.8, 4) is 39.8 Å². The van der Waals surface area contributed by atoms with Gasteiger partial charge in [-0.1, -0.05) is 54.1 Å². The van der Waals surface area contributed by atoms with E-state index in [4.69, 9.17) is 36.3 Å². The number of carbonyl (C=O) groups is 2. The predicted molar refractivity (Wildman–Crippen MR) is 229 cm³/mol. The Labute approximate surface area is 355 Å². The summed E-state index contributed by atoms with van der Waals surface area (Å²) in [5.74, 6) is -1.30. The molecule has 0 aliphatic rings. The van der Waals surface area contributed by atoms with E-state index in [0.29, 0.717) is 39.8 Å². The Balaban J connectivity index is 1.19. The van der Waals surface area contributed by atoms with Gasteiger partial charge in [0.05, 0.1) is 45.9 Å². The first-order chi connectivity index (χ1) is 28.9. The third kappa shape index (κ3) is 11.4. The number of carboxylic acid groups (broad SMARTS) is 2. The number of nitrogens with one attached hydrogen (secondary N) is 2. The number of hydrogen-bond donors (Lipinski definition) is 6. The molecule has 0 aliphatic heterocycles. The van der Waals surface area contributed by atoms with Gasteiger partial charge in [-0.15, -0.1) is 11.3 Å². The molecular formula is C45H44ClN5O8S. The lowest BCUT2D eigenvalue weighted by Gasteiger charge is -2.18. The van der Waals surface area contributed by atoms with Crippen LogP contribution in [0.2, 0.25) is 5.02 Å². The SMILES string of the molecule is Cc1c(COc2cc(OCc3cncc(C#N)c3)c(CNC[C@@H](O)CC(=O)O)cc2Cl)cccc1-c1cccc(-c2ccc3sc(CNC[C@@H](O)CC(=O)O)nc3c2)c1C. The van der Waals surface area contributed by atoms with Gasteiger partial charge in [0.1, 0.15) is 35.8 Å². The minimum absolute atomic E-state index is 0.0422. The molecule has 0 saturated heterocycles. The maximum atomic E-state index is 11.0. The first-order valence-electron chi connectivity index (χ1n) is 19.1. The highest BCUT2D eigenvalue weighted by atomic mass is 35.5. The van der Waals surface area contributed by atoms with Crippen LogP contribution in [0.1, 0.15) is 51.2 Å². The van der Waals surface area contributed by atoms with E-state index in [1.54, 1.807) is 35.7 Å². The molecule has 4 aromatic carbocycles. The Morgan fingerprint density at radius 1 is 0.800 bits per heavy atom. The first kappa shape index (κ1) is 43.7. The summed E-state index contributed by atoms with van der Waals surface area (Å²) >= 11 is 8.32. The Kier molecular flexibility index (Phi) is 14.8. The second kappa shape index (κ2) is 20.4. The fourth-order valence-corrected chi connectivity index (χ4v) is 7.92. The van der Waals surface area contributed by atoms with Crippen LogP contribution in [0.25, 0.3) is 32.5 Å². The number of benzene rings is 4. The lowest BCUT2D eigenvalue weighted by atomic mass is 9.89. The van der Waals surface area contributed by atoms with Crippen LogP contribution in [0.4, 0.5) is 0 Å². The molecule has 13 nitrogen and oxygen atoms in total. The van der Waals surface area contributed by atoms with E-state index in [0.717, 1.165) is 54.2 Å². The molecule has 6 N–H and O–H groups in total. The summed E-state index contributed by atoms with van der Waals surface area (Å²) in [5.41, 5.74) is 9.91. The second-order valence-electron chi connectivity index (χ2n) is 14.3. The predicted octanol–water partition coefficient (Wildman–Crippen LogP) is 7.18. The molecule has 6 aromatic rings. The molecule has 2 aromatic heterocycles. The number of ether oxygens (including phenoxy) is 2. The van der Waals surface area contributed by atoms with Crippen LogP contribution in [0, 0.1) is 25.2 Å². The summed E-state index contributed by atoms with van der Waals surface area (Å²) in [6.45, 7) is 5.33. The van der Waals surface area contributed by atoms with Gasteiger partial charge in [-0.2, -0.15) is 5.26 Å². The van der Waals surface area contributed by atoms with Crippen LogP contribution in [-0.2, 0) is 35.9 Å². The number of aliphatic hydroxyl groups excluding tert-OH is 2. The number of rotatable bonds is 20. The monoisotopic (exact) mass is 849 g/mol. The van der Waals surface area contributed by atoms with Crippen molar-refractivity contribution >= 4 is 45.1 Å². The maximum Gasteiger partial charge on any atom is 0.306 e. The minimum Gasteiger partial charge on any atom is -0.488 e. The molecule has 310 valence electrons. The number of hydrogen-bond acceptors (Lipinski definition) is 12. The average molecular weight is 850 g/mol. The van der Waals surface area contributed by atoms with Gasteiger partial charge in [-0.25, -0.2) is 4.98 Å². The van der Waals surface area contributed by atoms with Gasteiger partial charge in [0.2, 0.25) is 0 Å². The Bertz CT molecular complexity index is 2540. The van der Waals surface area contributed by atoms with Crippen molar-refractivity contribution in [2.75, 3.05) is 13.1 Å². The third-order valence-electron chi connectivity index (χ3n) is 9.80. The summed E-state index contributed by atoms with van der Waals surface area (Å²) in [5, 5.41) is 54.5. The molecule has 0 bridgehead atoms. The molecule has 15 heteroatoms. The van der Waals surface area contributed by atoms with Gasteiger partial charge in [0.25, 0.3) is 0 Å². The van der Waals surface area contributed by atoms with Crippen LogP contribution in [0.5, 0.6) is 11.5 Å². The van der Waals surface area contributed by atoms with E-state index in [2.05, 4.69) is 71.9 Å². The fourth-order valence-electron chi connectivity index (χ4n) is 6.76. The van der Waals surface area contributed by atoms with Crippen LogP contribution >= 0.6 is 22.9 Å². The van der Waals surface area contributed by atoms with Gasteiger partial charge >= 0.3 is 11.9 Å². The summed E-state index contributed by atoms with van der Waals surface area (Å²) in [4.78, 5) is 30.8. The van der Waals surface area contributed by atoms with Crippen LogP contribution in [-0.4, -0.2) is 67.6 Å². The van der Waals surface area contributed by atoms with Crippen LogP contribution < -0.4 is 20.1 Å². The van der Waals surface area contributed by atoms with Crippen molar-refractivity contribution in [1.29, 1.82) is 5.26 Å². The smallest absolute Gasteiger partial charge is 0.306 e. The molecule has 2 heterocycles. The van der Waals surface area contributed by atoms with Gasteiger partial charge in [-0.05, 0) is 77.1 Å². The van der Waals surface area contributed by atoms with Crippen molar-refractivity contribution in [2.24, 2.45) is 0 Å². The van der Waals surface area contributed by atoms with Crippen molar-refractivity contribution in [2.45, 2.75) is 65.2 Å². The number of carboxylic acids is 2. The molecule has 0 spiro atoms. The standard InChI is InChI=1S/C45H44ClN5O8S/c1-26-31(25-59-41-16-40(58-24-29-11-28(17-47)18-48-19-29)32(12-38(41)46)20-49-21-33(52)14-44(54)55)5-3-7-36(26)37-8-4-6-35(27(37)2)30-9-10-42-39(13-30)51-43(60-42)23-50-22-34(53)15-45(56)57/h3-13,16,18-19,33-34,49-50,52-53H,14-15,20-25H2,1-2H3,(H,54,55)(H,56,57)/t33-,34-/m0/s1. The summed E-state index contributed by atoms with van der Waals surface area (Å²) in [6, 6.07) is 25.7. The van der Waals surface area contributed by atoms with E-state index in [-0.39, 0.29) is 39.3 Å². The largest absolute Gasteiger partial charge is 0.488 e. The number of nitriles is 1. The normalized spacial score (nSPS) is 12.2. The summed E-state index contributed by atoms with van der Waals surface area (Å²) < 4.78 is 13.6. The highest BCUT2D eigenvalue weighted by Gasteiger charge is 2.17. The summed E-state index contributed by atoms with van der Waals surface area (Å²) in [6.07, 6.45) is 0.322. The fraction of sp³-hybridized carbons (Fsp3) is 0.267. The zero-order valence-electron chi connectivity index (χ0n) is 32.9. The van der Waals surface area contributed by atoms with Crippen LogP contribution in [0.15, 0.2) is 85.2 Å². The first-order valence-corrected chi connectivity index (χ1v) is 20.3. The molecule has 0 aliphatic carbocycles. The van der Waals surface area contributed by atoms with E-state index >= 15 is 0 Å². The van der Waals surface area contributed by atoms with E-state index in [1.165, 1.54) is 6.20 Å². The molecule has 2 atom stereocenters. The number of aliphatic carboxylic acids is 2. The lowest BCUT2D eigenvalue weighted by Crippen LogP contribution is -2.28. The van der Waals surface area contributed by atoms with E-state index < -0.39 is 30.6 Å². The zero-order chi connectivity index (χ0) is 42.8. The maximum absolute atomic E-state index is 11.0. The van der Waals surface area contributed by atoms with E-state index in [9.17, 15) is 25.1 Å². The van der Waals surface area contributed by atoms with Crippen molar-refractivity contribution in [3.05, 3.63) is 129 Å². The molecule has 60 heavy (non-hydrogen) atoms. The van der Waals surface area contributed by atoms with Crippen molar-refractivity contribution in [3.63, 3.8) is 0 Å². The molecular weight excluding hydrogens is 806 g/mol. The minimum atomic E-state index is -1.10. The van der Waals surface area contributed by atoms with Gasteiger partial charge in [0, 0.05) is 55.8 Å². The second-order valence-corrected chi connectivity index (χ2v) is 15.8. The number of fused-ring (bicyclic) bond motifs is 1. The van der Waals surface area contributed by atoms with Gasteiger partial charge in [0.15, 0.2) is 0 Å². The average Bonchev–Trinajstić information content (AvgIpc) is 3.62. The topological polar surface area (TPSA) is 207 Å². The van der Waals surface area contributed by atoms with Gasteiger partial charge in [-0.3, -0.25) is 14.6 Å². The molecule has 0 unspecified atom stereocenters.